The van der Waals surface area contributed by atoms with E-state index in [4.69, 9.17) is 18.9 Å². The standard InChI is InChI=1S/C67H129NO8/c1-6-8-10-12-14-16-18-20-22-24-26-27-28-29-30-31-32-33-34-35-36-37-38-39-40-42-43-45-47-49-51-53-55-57-64(69)74-61-63(62-75-67(66(71)72)73-60-59-68(3,4)5)76-65(70)58-56-54-52-50-48-46-44-41-25-23-21-19-17-15-13-11-9-7-2/h23,25,63,67H,6-22,24,26-62H2,1-5H3/p+1/b25-23-. The predicted molar refractivity (Wildman–Crippen MR) is 323 cm³/mol. The Morgan fingerprint density at radius 3 is 0.974 bits per heavy atom. The number of nitrogens with zero attached hydrogens (tertiary/aromatic N) is 1. The zero-order chi connectivity index (χ0) is 55.5. The van der Waals surface area contributed by atoms with Crippen molar-refractivity contribution in [1.82, 2.24) is 0 Å². The Morgan fingerprint density at radius 1 is 0.382 bits per heavy atom. The summed E-state index contributed by atoms with van der Waals surface area (Å²) in [4.78, 5) is 37.5. The Kier molecular flexibility index (Phi) is 57.6. The molecule has 0 aromatic carbocycles. The van der Waals surface area contributed by atoms with Crippen LogP contribution in [0.2, 0.25) is 0 Å². The van der Waals surface area contributed by atoms with Gasteiger partial charge in [-0.25, -0.2) is 4.79 Å². The Morgan fingerprint density at radius 2 is 0.671 bits per heavy atom. The molecule has 0 rings (SSSR count). The first-order valence-electron chi connectivity index (χ1n) is 33.4. The summed E-state index contributed by atoms with van der Waals surface area (Å²) in [7, 11) is 5.98. The lowest BCUT2D eigenvalue weighted by Crippen LogP contribution is -2.40. The van der Waals surface area contributed by atoms with Crippen molar-refractivity contribution in [3.8, 4) is 0 Å². The van der Waals surface area contributed by atoms with E-state index in [9.17, 15) is 19.5 Å². The molecule has 0 fully saturated rings. The van der Waals surface area contributed by atoms with Gasteiger partial charge in [-0.15, -0.1) is 0 Å². The third kappa shape index (κ3) is 59.7. The smallest absolute Gasteiger partial charge is 0.361 e. The fraction of sp³-hybridized carbons (Fsp3) is 0.925. The summed E-state index contributed by atoms with van der Waals surface area (Å²) in [5, 5.41) is 9.72. The van der Waals surface area contributed by atoms with E-state index in [1.807, 2.05) is 21.1 Å². The third-order valence-electron chi connectivity index (χ3n) is 15.3. The Bertz CT molecular complexity index is 1250. The second kappa shape index (κ2) is 59.2. The molecular weight excluding hydrogens is 947 g/mol. The van der Waals surface area contributed by atoms with Gasteiger partial charge in [0.25, 0.3) is 6.29 Å². The SMILES string of the molecule is CCCCCCCCC/C=C\CCCCCCCCCC(=O)OC(COC(=O)CCCCCCCCCCCCCCCCCCCCCCCCCCCCCCCCCCC)COC(OCC[N+](C)(C)C)C(=O)O. The number of hydrogen-bond donors (Lipinski definition) is 1. The van der Waals surface area contributed by atoms with Gasteiger partial charge in [0.15, 0.2) is 6.10 Å². The molecule has 0 aliphatic carbocycles. The number of carbonyl (C=O) groups is 3. The summed E-state index contributed by atoms with van der Waals surface area (Å²) >= 11 is 0. The average Bonchev–Trinajstić information content (AvgIpc) is 3.39. The third-order valence-corrected chi connectivity index (χ3v) is 15.3. The molecule has 0 heterocycles. The summed E-state index contributed by atoms with van der Waals surface area (Å²) in [6, 6.07) is 0. The first kappa shape index (κ1) is 74.0. The fourth-order valence-corrected chi connectivity index (χ4v) is 10.1. The molecule has 76 heavy (non-hydrogen) atoms. The highest BCUT2D eigenvalue weighted by Gasteiger charge is 2.25. The minimum atomic E-state index is -1.51. The van der Waals surface area contributed by atoms with Crippen molar-refractivity contribution < 1.29 is 42.9 Å². The average molecular weight is 1080 g/mol. The number of aliphatic carboxylic acids is 1. The van der Waals surface area contributed by atoms with Crippen LogP contribution in [-0.2, 0) is 33.3 Å². The minimum absolute atomic E-state index is 0.177. The first-order chi connectivity index (χ1) is 37.1. The van der Waals surface area contributed by atoms with Gasteiger partial charge >= 0.3 is 17.9 Å². The Balaban J connectivity index is 4.01. The summed E-state index contributed by atoms with van der Waals surface area (Å²) in [6.45, 7) is 4.94. The molecule has 0 aliphatic rings. The molecule has 450 valence electrons. The van der Waals surface area contributed by atoms with Crippen molar-refractivity contribution in [1.29, 1.82) is 0 Å². The lowest BCUT2D eigenvalue weighted by Gasteiger charge is -2.25. The first-order valence-corrected chi connectivity index (χ1v) is 33.4. The number of rotatable bonds is 63. The predicted octanol–water partition coefficient (Wildman–Crippen LogP) is 20.1. The second-order valence-electron chi connectivity index (χ2n) is 24.1. The molecule has 0 aromatic rings. The quantitative estimate of drug-likeness (QED) is 0.0211. The molecule has 2 atom stereocenters. The maximum absolute atomic E-state index is 12.9. The molecule has 0 spiro atoms. The van der Waals surface area contributed by atoms with Crippen LogP contribution in [-0.4, -0.2) is 87.4 Å². The number of hydrogen-bond acceptors (Lipinski definition) is 7. The van der Waals surface area contributed by atoms with Gasteiger partial charge in [-0.2, -0.15) is 0 Å². The number of quaternary nitrogens is 1. The number of likely N-dealkylation sites (N-methyl/N-ethyl adjacent to an activating group) is 1. The van der Waals surface area contributed by atoms with E-state index in [0.717, 1.165) is 51.4 Å². The molecule has 0 saturated carbocycles. The van der Waals surface area contributed by atoms with E-state index in [-0.39, 0.29) is 32.2 Å². The zero-order valence-electron chi connectivity index (χ0n) is 51.5. The summed E-state index contributed by atoms with van der Waals surface area (Å²) < 4.78 is 22.9. The normalized spacial score (nSPS) is 12.7. The maximum atomic E-state index is 12.9. The molecule has 0 amide bonds. The summed E-state index contributed by atoms with van der Waals surface area (Å²) in [5.74, 6) is -1.98. The topological polar surface area (TPSA) is 108 Å². The fourth-order valence-electron chi connectivity index (χ4n) is 10.1. The van der Waals surface area contributed by atoms with Crippen LogP contribution >= 0.6 is 0 Å². The number of unbranched alkanes of at least 4 members (excludes halogenated alkanes) is 46. The van der Waals surface area contributed by atoms with Gasteiger partial charge in [-0.3, -0.25) is 9.59 Å². The van der Waals surface area contributed by atoms with Gasteiger partial charge in [0.05, 0.1) is 34.4 Å². The van der Waals surface area contributed by atoms with Crippen molar-refractivity contribution >= 4 is 17.9 Å². The van der Waals surface area contributed by atoms with Crippen LogP contribution in [0.5, 0.6) is 0 Å². The van der Waals surface area contributed by atoms with Crippen molar-refractivity contribution in [3.05, 3.63) is 12.2 Å². The van der Waals surface area contributed by atoms with Crippen LogP contribution in [0.15, 0.2) is 12.2 Å². The van der Waals surface area contributed by atoms with E-state index in [2.05, 4.69) is 26.0 Å². The van der Waals surface area contributed by atoms with Gasteiger partial charge in [-0.1, -0.05) is 302 Å². The van der Waals surface area contributed by atoms with Crippen molar-refractivity contribution in [3.63, 3.8) is 0 Å². The van der Waals surface area contributed by atoms with Crippen molar-refractivity contribution in [2.45, 2.75) is 354 Å². The Labute approximate surface area is 472 Å². The molecular formula is C67H130NO8+. The van der Waals surface area contributed by atoms with Crippen molar-refractivity contribution in [2.75, 3.05) is 47.5 Å². The van der Waals surface area contributed by atoms with Crippen LogP contribution in [0.3, 0.4) is 0 Å². The van der Waals surface area contributed by atoms with E-state index in [0.29, 0.717) is 17.4 Å². The summed E-state index contributed by atoms with van der Waals surface area (Å²) in [6.07, 6.45) is 67.6. The van der Waals surface area contributed by atoms with E-state index in [1.165, 1.54) is 263 Å². The number of carboxylic acids is 1. The van der Waals surface area contributed by atoms with Crippen LogP contribution in [0.4, 0.5) is 0 Å². The second-order valence-corrected chi connectivity index (χ2v) is 24.1. The van der Waals surface area contributed by atoms with Gasteiger partial charge in [-0.05, 0) is 38.5 Å². The number of esters is 2. The molecule has 0 aliphatic heterocycles. The lowest BCUT2D eigenvalue weighted by molar-refractivity contribution is -0.870. The molecule has 9 nitrogen and oxygen atoms in total. The highest BCUT2D eigenvalue weighted by atomic mass is 16.7. The molecule has 2 unspecified atom stereocenters. The molecule has 0 saturated heterocycles. The van der Waals surface area contributed by atoms with Crippen LogP contribution in [0.1, 0.15) is 341 Å². The number of carboxylic acid groups (broad SMARTS) is 1. The monoisotopic (exact) mass is 1080 g/mol. The molecule has 9 heteroatoms. The molecule has 0 radical (unpaired) electrons. The highest BCUT2D eigenvalue weighted by Crippen LogP contribution is 2.19. The van der Waals surface area contributed by atoms with Gasteiger partial charge in [0.1, 0.15) is 13.2 Å². The van der Waals surface area contributed by atoms with E-state index in [1.54, 1.807) is 0 Å². The molecule has 1 N–H and O–H groups in total. The molecule has 0 bridgehead atoms. The van der Waals surface area contributed by atoms with Crippen LogP contribution < -0.4 is 0 Å². The summed E-state index contributed by atoms with van der Waals surface area (Å²) in [5.41, 5.74) is 0. The van der Waals surface area contributed by atoms with Gasteiger partial charge < -0.3 is 28.5 Å². The lowest BCUT2D eigenvalue weighted by atomic mass is 10.0. The molecule has 0 aromatic heterocycles. The largest absolute Gasteiger partial charge is 0.477 e. The number of carbonyl (C=O) groups excluding carboxylic acids is 2. The van der Waals surface area contributed by atoms with Crippen LogP contribution in [0, 0.1) is 0 Å². The minimum Gasteiger partial charge on any atom is -0.477 e. The van der Waals surface area contributed by atoms with Crippen molar-refractivity contribution in [2.24, 2.45) is 0 Å². The van der Waals surface area contributed by atoms with E-state index < -0.39 is 24.3 Å². The zero-order valence-corrected chi connectivity index (χ0v) is 51.5. The van der Waals surface area contributed by atoms with Gasteiger partial charge in [0, 0.05) is 12.8 Å². The van der Waals surface area contributed by atoms with E-state index >= 15 is 0 Å². The maximum Gasteiger partial charge on any atom is 0.361 e. The Hall–Kier alpha value is -1.97. The highest BCUT2D eigenvalue weighted by molar-refractivity contribution is 5.71. The van der Waals surface area contributed by atoms with Gasteiger partial charge in [0.2, 0.25) is 0 Å². The van der Waals surface area contributed by atoms with Crippen LogP contribution in [0.25, 0.3) is 0 Å². The number of ether oxygens (including phenoxy) is 4. The number of allylic oxidation sites excluding steroid dienone is 2.